The largest absolute Gasteiger partial charge is 0.478 e. The summed E-state index contributed by atoms with van der Waals surface area (Å²) in [6.45, 7) is 0. The Morgan fingerprint density at radius 1 is 1.26 bits per heavy atom. The number of nitrogens with zero attached hydrogens (tertiary/aromatic N) is 1. The highest BCUT2D eigenvalue weighted by molar-refractivity contribution is 6.33. The van der Waals surface area contributed by atoms with Gasteiger partial charge in [0.2, 0.25) is 0 Å². The third-order valence-electron chi connectivity index (χ3n) is 2.78. The van der Waals surface area contributed by atoms with Crippen molar-refractivity contribution in [1.82, 2.24) is 0 Å². The first-order valence-corrected chi connectivity index (χ1v) is 5.89. The SMILES string of the molecule is CN(c1ccc(C(=O)O)c(Cl)c1)c1ccccc1F. The fourth-order valence-corrected chi connectivity index (χ4v) is 2.00. The number of halogens is 2. The Balaban J connectivity index is 2.40. The quantitative estimate of drug-likeness (QED) is 0.925. The van der Waals surface area contributed by atoms with Gasteiger partial charge in [-0.05, 0) is 30.3 Å². The van der Waals surface area contributed by atoms with Gasteiger partial charge in [0.05, 0.1) is 16.3 Å². The number of benzene rings is 2. The molecule has 0 heterocycles. The second kappa shape index (κ2) is 5.28. The molecule has 5 heteroatoms. The van der Waals surface area contributed by atoms with Gasteiger partial charge in [-0.2, -0.15) is 0 Å². The maximum atomic E-state index is 13.7. The van der Waals surface area contributed by atoms with Crippen LogP contribution in [0.5, 0.6) is 0 Å². The molecule has 0 amide bonds. The van der Waals surface area contributed by atoms with Gasteiger partial charge in [0, 0.05) is 12.7 Å². The van der Waals surface area contributed by atoms with Crippen molar-refractivity contribution in [3.63, 3.8) is 0 Å². The van der Waals surface area contributed by atoms with Crippen molar-refractivity contribution in [2.24, 2.45) is 0 Å². The van der Waals surface area contributed by atoms with E-state index in [9.17, 15) is 9.18 Å². The van der Waals surface area contributed by atoms with Crippen LogP contribution in [0.4, 0.5) is 15.8 Å². The van der Waals surface area contributed by atoms with Crippen LogP contribution < -0.4 is 4.90 Å². The van der Waals surface area contributed by atoms with Gasteiger partial charge in [-0.1, -0.05) is 23.7 Å². The maximum Gasteiger partial charge on any atom is 0.337 e. The molecule has 0 aliphatic rings. The number of para-hydroxylation sites is 1. The zero-order valence-corrected chi connectivity index (χ0v) is 10.9. The molecule has 2 aromatic carbocycles. The lowest BCUT2D eigenvalue weighted by atomic mass is 10.2. The number of rotatable bonds is 3. The van der Waals surface area contributed by atoms with Gasteiger partial charge < -0.3 is 10.0 Å². The number of carbonyl (C=O) groups is 1. The molecular formula is C14H11ClFNO2. The predicted octanol–water partition coefficient (Wildman–Crippen LogP) is 3.95. The van der Waals surface area contributed by atoms with Gasteiger partial charge in [-0.25, -0.2) is 9.18 Å². The highest BCUT2D eigenvalue weighted by Gasteiger charge is 2.13. The van der Waals surface area contributed by atoms with Crippen molar-refractivity contribution in [3.8, 4) is 0 Å². The highest BCUT2D eigenvalue weighted by atomic mass is 35.5. The minimum Gasteiger partial charge on any atom is -0.478 e. The molecule has 0 atom stereocenters. The molecule has 0 saturated heterocycles. The molecule has 0 fully saturated rings. The van der Waals surface area contributed by atoms with Crippen LogP contribution in [-0.4, -0.2) is 18.1 Å². The number of hydrogen-bond acceptors (Lipinski definition) is 2. The number of carboxylic acid groups (broad SMARTS) is 1. The topological polar surface area (TPSA) is 40.5 Å². The zero-order valence-electron chi connectivity index (χ0n) is 10.1. The van der Waals surface area contributed by atoms with Gasteiger partial charge in [-0.3, -0.25) is 0 Å². The van der Waals surface area contributed by atoms with Gasteiger partial charge >= 0.3 is 5.97 Å². The zero-order chi connectivity index (χ0) is 14.0. The number of anilines is 2. The summed E-state index contributed by atoms with van der Waals surface area (Å²) >= 11 is 5.89. The van der Waals surface area contributed by atoms with E-state index in [4.69, 9.17) is 16.7 Å². The number of aromatic carboxylic acids is 1. The van der Waals surface area contributed by atoms with E-state index < -0.39 is 5.97 Å². The second-order valence-corrected chi connectivity index (χ2v) is 4.39. The molecule has 0 spiro atoms. The summed E-state index contributed by atoms with van der Waals surface area (Å²) in [5.41, 5.74) is 1.02. The molecule has 0 aliphatic carbocycles. The van der Waals surface area contributed by atoms with E-state index in [0.29, 0.717) is 11.4 Å². The molecule has 1 N–H and O–H groups in total. The van der Waals surface area contributed by atoms with Crippen LogP contribution in [0, 0.1) is 5.82 Å². The lowest BCUT2D eigenvalue weighted by Crippen LogP contribution is -2.11. The second-order valence-electron chi connectivity index (χ2n) is 3.98. The van der Waals surface area contributed by atoms with Crippen molar-refractivity contribution < 1.29 is 14.3 Å². The Labute approximate surface area is 114 Å². The van der Waals surface area contributed by atoms with Crippen LogP contribution in [0.1, 0.15) is 10.4 Å². The Hall–Kier alpha value is -2.07. The normalized spacial score (nSPS) is 10.3. The Kier molecular flexibility index (Phi) is 3.71. The van der Waals surface area contributed by atoms with Gasteiger partial charge in [0.1, 0.15) is 5.82 Å². The van der Waals surface area contributed by atoms with E-state index in [-0.39, 0.29) is 16.4 Å². The first-order valence-electron chi connectivity index (χ1n) is 5.52. The molecule has 0 aliphatic heterocycles. The smallest absolute Gasteiger partial charge is 0.337 e. The average molecular weight is 280 g/mol. The van der Waals surface area contributed by atoms with Gasteiger partial charge in [0.25, 0.3) is 0 Å². The Morgan fingerprint density at radius 2 is 1.95 bits per heavy atom. The summed E-state index contributed by atoms with van der Waals surface area (Å²) in [6.07, 6.45) is 0. The molecule has 0 saturated carbocycles. The first-order chi connectivity index (χ1) is 9.00. The molecular weight excluding hydrogens is 269 g/mol. The van der Waals surface area contributed by atoms with Crippen LogP contribution in [0.2, 0.25) is 5.02 Å². The molecule has 0 bridgehead atoms. The third kappa shape index (κ3) is 2.69. The standard InChI is InChI=1S/C14H11ClFNO2/c1-17(13-5-3-2-4-12(13)16)9-6-7-10(14(18)19)11(15)8-9/h2-8H,1H3,(H,18,19). The number of carboxylic acids is 1. The molecule has 19 heavy (non-hydrogen) atoms. The van der Waals surface area contributed by atoms with Crippen molar-refractivity contribution >= 4 is 28.9 Å². The van der Waals surface area contributed by atoms with Crippen LogP contribution in [0.25, 0.3) is 0 Å². The molecule has 0 unspecified atom stereocenters. The molecule has 0 radical (unpaired) electrons. The predicted molar refractivity (Wildman–Crippen MR) is 72.9 cm³/mol. The molecule has 98 valence electrons. The Morgan fingerprint density at radius 3 is 2.53 bits per heavy atom. The van der Waals surface area contributed by atoms with E-state index >= 15 is 0 Å². The summed E-state index contributed by atoms with van der Waals surface area (Å²) < 4.78 is 13.7. The van der Waals surface area contributed by atoms with E-state index in [1.807, 2.05) is 0 Å². The average Bonchev–Trinajstić information content (AvgIpc) is 2.38. The molecule has 0 aromatic heterocycles. The van der Waals surface area contributed by atoms with Crippen LogP contribution in [-0.2, 0) is 0 Å². The Bertz CT molecular complexity index is 631. The van der Waals surface area contributed by atoms with Crippen molar-refractivity contribution in [1.29, 1.82) is 0 Å². The lowest BCUT2D eigenvalue weighted by molar-refractivity contribution is 0.0697. The monoisotopic (exact) mass is 279 g/mol. The molecule has 2 rings (SSSR count). The third-order valence-corrected chi connectivity index (χ3v) is 3.10. The first kappa shape index (κ1) is 13.4. The summed E-state index contributed by atoms with van der Waals surface area (Å²) in [5, 5.41) is 9.02. The number of hydrogen-bond donors (Lipinski definition) is 1. The van der Waals surface area contributed by atoms with E-state index in [0.717, 1.165) is 0 Å². The highest BCUT2D eigenvalue weighted by Crippen LogP contribution is 2.29. The van der Waals surface area contributed by atoms with E-state index in [1.165, 1.54) is 18.2 Å². The summed E-state index contributed by atoms with van der Waals surface area (Å²) in [6, 6.07) is 10.8. The van der Waals surface area contributed by atoms with Crippen molar-refractivity contribution in [2.45, 2.75) is 0 Å². The van der Waals surface area contributed by atoms with Crippen LogP contribution in [0.3, 0.4) is 0 Å². The van der Waals surface area contributed by atoms with E-state index in [1.54, 1.807) is 36.2 Å². The molecule has 2 aromatic rings. The summed E-state index contributed by atoms with van der Waals surface area (Å²) in [4.78, 5) is 12.5. The summed E-state index contributed by atoms with van der Waals surface area (Å²) in [7, 11) is 1.69. The lowest BCUT2D eigenvalue weighted by Gasteiger charge is -2.20. The molecule has 3 nitrogen and oxygen atoms in total. The van der Waals surface area contributed by atoms with E-state index in [2.05, 4.69) is 0 Å². The minimum atomic E-state index is -1.09. The van der Waals surface area contributed by atoms with Gasteiger partial charge in [-0.15, -0.1) is 0 Å². The van der Waals surface area contributed by atoms with Crippen molar-refractivity contribution in [3.05, 3.63) is 58.9 Å². The van der Waals surface area contributed by atoms with Crippen LogP contribution >= 0.6 is 11.6 Å². The summed E-state index contributed by atoms with van der Waals surface area (Å²) in [5.74, 6) is -1.45. The van der Waals surface area contributed by atoms with Crippen LogP contribution in [0.15, 0.2) is 42.5 Å². The van der Waals surface area contributed by atoms with Gasteiger partial charge in [0.15, 0.2) is 0 Å². The minimum absolute atomic E-state index is 0.0207. The maximum absolute atomic E-state index is 13.7. The van der Waals surface area contributed by atoms with Crippen molar-refractivity contribution in [2.75, 3.05) is 11.9 Å². The fourth-order valence-electron chi connectivity index (χ4n) is 1.75. The fraction of sp³-hybridized carbons (Fsp3) is 0.0714.